The molecule has 0 fully saturated rings. The van der Waals surface area contributed by atoms with Gasteiger partial charge < -0.3 is 20.7 Å². The number of hydrogen-bond donors (Lipinski definition) is 3. The topological polar surface area (TPSA) is 92.8 Å². The van der Waals surface area contributed by atoms with Gasteiger partial charge in [0.25, 0.3) is 0 Å². The minimum atomic E-state index is -1.61. The average Bonchev–Trinajstić information content (AvgIpc) is 2.31. The molecule has 4 N–H and O–H groups in total. The highest BCUT2D eigenvalue weighted by atomic mass is 79.9. The molecule has 0 aliphatic rings. The van der Waals surface area contributed by atoms with Crippen molar-refractivity contribution in [1.82, 2.24) is 0 Å². The van der Waals surface area contributed by atoms with Gasteiger partial charge in [0.05, 0.1) is 6.61 Å². The second kappa shape index (κ2) is 6.00. The quantitative estimate of drug-likeness (QED) is 0.570. The molecule has 0 heterocycles. The highest BCUT2D eigenvalue weighted by Gasteiger charge is 2.27. The van der Waals surface area contributed by atoms with Crippen LogP contribution in [-0.2, 0) is 9.53 Å². The molecule has 0 bridgehead atoms. The fourth-order valence-electron chi connectivity index (χ4n) is 1.27. The fourth-order valence-corrected chi connectivity index (χ4v) is 1.66. The third-order valence-electron chi connectivity index (χ3n) is 2.19. The van der Waals surface area contributed by atoms with Crippen LogP contribution in [0.15, 0.2) is 22.7 Å². The molecule has 5 nitrogen and oxygen atoms in total. The number of carbonyl (C=O) groups is 1. The molecule has 17 heavy (non-hydrogen) atoms. The van der Waals surface area contributed by atoms with Crippen LogP contribution < -0.4 is 5.73 Å². The minimum absolute atomic E-state index is 0.147. The Balaban J connectivity index is 2.84. The molecule has 0 aromatic heterocycles. The molecule has 0 amide bonds. The van der Waals surface area contributed by atoms with Crippen LogP contribution in [0.4, 0.5) is 5.69 Å². The van der Waals surface area contributed by atoms with Gasteiger partial charge in [-0.3, -0.25) is 0 Å². The Morgan fingerprint density at radius 2 is 2.18 bits per heavy atom. The van der Waals surface area contributed by atoms with Crippen LogP contribution in [0.1, 0.15) is 18.6 Å². The summed E-state index contributed by atoms with van der Waals surface area (Å²) in [6.07, 6.45) is -2.95. The molecular formula is C11H14BrNO4. The largest absolute Gasteiger partial charge is 0.464 e. The number of aliphatic hydroxyl groups excluding tert-OH is 2. The minimum Gasteiger partial charge on any atom is -0.464 e. The van der Waals surface area contributed by atoms with Gasteiger partial charge in [-0.25, -0.2) is 4.79 Å². The van der Waals surface area contributed by atoms with Gasteiger partial charge in [0.1, 0.15) is 6.10 Å². The maximum Gasteiger partial charge on any atom is 0.338 e. The van der Waals surface area contributed by atoms with E-state index in [0.717, 1.165) is 0 Å². The summed E-state index contributed by atoms with van der Waals surface area (Å²) in [4.78, 5) is 11.2. The molecule has 0 radical (unpaired) electrons. The summed E-state index contributed by atoms with van der Waals surface area (Å²) in [5.74, 6) is -0.854. The molecule has 0 aliphatic heterocycles. The van der Waals surface area contributed by atoms with Crippen LogP contribution in [0.2, 0.25) is 0 Å². The fraction of sp³-hybridized carbons (Fsp3) is 0.364. The van der Waals surface area contributed by atoms with E-state index in [2.05, 4.69) is 20.7 Å². The lowest BCUT2D eigenvalue weighted by molar-refractivity contribution is -0.159. The lowest BCUT2D eigenvalue weighted by Crippen LogP contribution is -2.29. The molecule has 0 spiro atoms. The number of nitrogens with two attached hydrogens (primary N) is 1. The summed E-state index contributed by atoms with van der Waals surface area (Å²) in [5.41, 5.74) is 6.48. The van der Waals surface area contributed by atoms with Crippen molar-refractivity contribution in [3.63, 3.8) is 0 Å². The zero-order valence-corrected chi connectivity index (χ0v) is 10.8. The average molecular weight is 304 g/mol. The van der Waals surface area contributed by atoms with Crippen molar-refractivity contribution in [2.75, 3.05) is 12.3 Å². The molecule has 0 aliphatic carbocycles. The van der Waals surface area contributed by atoms with Gasteiger partial charge in [0.15, 0.2) is 6.10 Å². The predicted molar refractivity (Wildman–Crippen MR) is 66.2 cm³/mol. The number of benzene rings is 1. The maximum atomic E-state index is 11.2. The molecule has 94 valence electrons. The third-order valence-corrected chi connectivity index (χ3v) is 2.88. The Morgan fingerprint density at radius 3 is 2.71 bits per heavy atom. The van der Waals surface area contributed by atoms with E-state index in [1.165, 1.54) is 6.07 Å². The van der Waals surface area contributed by atoms with Gasteiger partial charge in [0.2, 0.25) is 0 Å². The van der Waals surface area contributed by atoms with Crippen molar-refractivity contribution in [3.8, 4) is 0 Å². The summed E-state index contributed by atoms with van der Waals surface area (Å²) in [6, 6.07) is 4.65. The van der Waals surface area contributed by atoms with Gasteiger partial charge in [-0.05, 0) is 40.5 Å². The van der Waals surface area contributed by atoms with Crippen molar-refractivity contribution in [3.05, 3.63) is 28.2 Å². The van der Waals surface area contributed by atoms with E-state index in [1.54, 1.807) is 19.1 Å². The number of nitrogen functional groups attached to an aromatic ring is 1. The molecule has 1 aromatic rings. The molecule has 6 heteroatoms. The summed E-state index contributed by atoms with van der Waals surface area (Å²) in [6.45, 7) is 1.77. The first kappa shape index (κ1) is 14.0. The van der Waals surface area contributed by atoms with Gasteiger partial charge in [-0.15, -0.1) is 0 Å². The summed E-state index contributed by atoms with van der Waals surface area (Å²) in [7, 11) is 0. The number of aliphatic hydroxyl groups is 2. The zero-order valence-electron chi connectivity index (χ0n) is 9.26. The number of ether oxygens (including phenoxy) is 1. The second-order valence-corrected chi connectivity index (χ2v) is 4.28. The normalized spacial score (nSPS) is 14.1. The van der Waals surface area contributed by atoms with E-state index in [4.69, 9.17) is 5.73 Å². The van der Waals surface area contributed by atoms with E-state index in [1.807, 2.05) is 0 Å². The number of carbonyl (C=O) groups excluding carboxylic acids is 1. The van der Waals surface area contributed by atoms with Crippen LogP contribution in [0, 0.1) is 0 Å². The van der Waals surface area contributed by atoms with Crippen molar-refractivity contribution >= 4 is 27.6 Å². The first-order valence-corrected chi connectivity index (χ1v) is 5.84. The molecule has 2 unspecified atom stereocenters. The van der Waals surface area contributed by atoms with E-state index in [9.17, 15) is 15.0 Å². The predicted octanol–water partition coefficient (Wildman–Crippen LogP) is 0.989. The van der Waals surface area contributed by atoms with Crippen molar-refractivity contribution in [2.45, 2.75) is 19.1 Å². The Morgan fingerprint density at radius 1 is 1.53 bits per heavy atom. The number of anilines is 1. The lowest BCUT2D eigenvalue weighted by atomic mass is 10.0. The van der Waals surface area contributed by atoms with Crippen molar-refractivity contribution < 1.29 is 19.7 Å². The smallest absolute Gasteiger partial charge is 0.338 e. The van der Waals surface area contributed by atoms with Crippen LogP contribution in [0.25, 0.3) is 0 Å². The zero-order chi connectivity index (χ0) is 13.0. The van der Waals surface area contributed by atoms with Gasteiger partial charge in [-0.1, -0.05) is 6.07 Å². The molecule has 0 saturated carbocycles. The number of rotatable bonds is 4. The first-order valence-electron chi connectivity index (χ1n) is 5.05. The monoisotopic (exact) mass is 303 g/mol. The van der Waals surface area contributed by atoms with Crippen LogP contribution in [-0.4, -0.2) is 28.9 Å². The second-order valence-electron chi connectivity index (χ2n) is 3.42. The van der Waals surface area contributed by atoms with Crippen LogP contribution in [0.5, 0.6) is 0 Å². The summed E-state index contributed by atoms with van der Waals surface area (Å²) >= 11 is 3.20. The Bertz CT molecular complexity index is 410. The SMILES string of the molecule is CCOC(=O)C(O)C(O)c1ccc(N)c(Br)c1. The summed E-state index contributed by atoms with van der Waals surface area (Å²) < 4.78 is 5.20. The molecular weight excluding hydrogens is 290 g/mol. The van der Waals surface area contributed by atoms with Crippen molar-refractivity contribution in [1.29, 1.82) is 0 Å². The maximum absolute atomic E-state index is 11.2. The Kier molecular flexibility index (Phi) is 4.92. The van der Waals surface area contributed by atoms with Gasteiger partial charge in [0, 0.05) is 10.2 Å². The van der Waals surface area contributed by atoms with E-state index in [-0.39, 0.29) is 6.61 Å². The van der Waals surface area contributed by atoms with Crippen molar-refractivity contribution in [2.24, 2.45) is 0 Å². The standard InChI is InChI=1S/C11H14BrNO4/c1-2-17-11(16)10(15)9(14)6-3-4-8(13)7(12)5-6/h3-5,9-10,14-15H,2,13H2,1H3. The first-order chi connectivity index (χ1) is 7.97. The van der Waals surface area contributed by atoms with Gasteiger partial charge in [-0.2, -0.15) is 0 Å². The number of hydrogen-bond acceptors (Lipinski definition) is 5. The molecule has 2 atom stereocenters. The van der Waals surface area contributed by atoms with Gasteiger partial charge >= 0.3 is 5.97 Å². The number of esters is 1. The lowest BCUT2D eigenvalue weighted by Gasteiger charge is -2.17. The van der Waals surface area contributed by atoms with E-state index >= 15 is 0 Å². The molecule has 0 saturated heterocycles. The molecule has 1 aromatic carbocycles. The Labute approximate surface area is 107 Å². The summed E-state index contributed by atoms with van der Waals surface area (Å²) in [5, 5.41) is 19.3. The van der Waals surface area contributed by atoms with E-state index < -0.39 is 18.2 Å². The molecule has 1 rings (SSSR count). The Hall–Kier alpha value is -1.11. The highest BCUT2D eigenvalue weighted by Crippen LogP contribution is 2.25. The highest BCUT2D eigenvalue weighted by molar-refractivity contribution is 9.10. The third kappa shape index (κ3) is 3.42. The van der Waals surface area contributed by atoms with Crippen LogP contribution >= 0.6 is 15.9 Å². The number of halogens is 1. The van der Waals surface area contributed by atoms with E-state index in [0.29, 0.717) is 15.7 Å². The van der Waals surface area contributed by atoms with Crippen LogP contribution in [0.3, 0.4) is 0 Å².